The Morgan fingerprint density at radius 2 is 1.89 bits per heavy atom. The van der Waals surface area contributed by atoms with Crippen molar-refractivity contribution in [1.29, 1.82) is 0 Å². The fourth-order valence-electron chi connectivity index (χ4n) is 2.58. The quantitative estimate of drug-likeness (QED) is 0.626. The zero-order chi connectivity index (χ0) is 20.2. The van der Waals surface area contributed by atoms with Gasteiger partial charge in [0, 0.05) is 18.8 Å². The number of benzene rings is 1. The molecule has 2 rings (SSSR count). The van der Waals surface area contributed by atoms with E-state index in [1.54, 1.807) is 6.07 Å². The highest BCUT2D eigenvalue weighted by atomic mass is 35.5. The third kappa shape index (κ3) is 5.68. The number of nitrogens with zero attached hydrogens (tertiary/aromatic N) is 2. The Balaban J connectivity index is 1.88. The number of carbonyl (C=O) groups excluding carboxylic acids is 1. The van der Waals surface area contributed by atoms with Crippen LogP contribution in [0.1, 0.15) is 24.7 Å². The summed E-state index contributed by atoms with van der Waals surface area (Å²) in [6, 6.07) is 5.39. The SMILES string of the molecule is Cc1cc(C)n(CCCNC(=O)[C@H](C)NS(=O)(=O)c2c(Cl)cccc2Cl)n1. The molecule has 0 bridgehead atoms. The summed E-state index contributed by atoms with van der Waals surface area (Å²) in [6.07, 6.45) is 0.670. The molecule has 0 saturated heterocycles. The molecule has 148 valence electrons. The minimum atomic E-state index is -4.03. The predicted molar refractivity (Wildman–Crippen MR) is 106 cm³/mol. The molecule has 1 heterocycles. The van der Waals surface area contributed by atoms with Crippen molar-refractivity contribution in [3.8, 4) is 0 Å². The van der Waals surface area contributed by atoms with Crippen LogP contribution in [-0.4, -0.2) is 36.7 Å². The first-order valence-electron chi connectivity index (χ1n) is 8.37. The van der Waals surface area contributed by atoms with Crippen molar-refractivity contribution in [2.24, 2.45) is 0 Å². The number of aromatic nitrogens is 2. The normalized spacial score (nSPS) is 12.8. The average Bonchev–Trinajstić information content (AvgIpc) is 2.88. The minimum Gasteiger partial charge on any atom is -0.355 e. The first kappa shape index (κ1) is 21.7. The molecule has 2 N–H and O–H groups in total. The summed E-state index contributed by atoms with van der Waals surface area (Å²) in [5.41, 5.74) is 1.99. The molecule has 1 atom stereocenters. The topological polar surface area (TPSA) is 93.1 Å². The third-order valence-electron chi connectivity index (χ3n) is 3.86. The molecule has 0 radical (unpaired) electrons. The van der Waals surface area contributed by atoms with Crippen LogP contribution in [0.15, 0.2) is 29.2 Å². The van der Waals surface area contributed by atoms with Crippen LogP contribution in [0.25, 0.3) is 0 Å². The Bertz CT molecular complexity index is 908. The van der Waals surface area contributed by atoms with Gasteiger partial charge in [0.05, 0.1) is 21.8 Å². The molecular formula is C17H22Cl2N4O3S. The summed E-state index contributed by atoms with van der Waals surface area (Å²) in [5.74, 6) is -0.435. The lowest BCUT2D eigenvalue weighted by molar-refractivity contribution is -0.122. The summed E-state index contributed by atoms with van der Waals surface area (Å²) in [6.45, 7) is 6.41. The number of hydrogen-bond donors (Lipinski definition) is 2. The number of nitrogens with one attached hydrogen (secondary N) is 2. The van der Waals surface area contributed by atoms with Gasteiger partial charge in [-0.05, 0) is 45.4 Å². The van der Waals surface area contributed by atoms with Gasteiger partial charge in [-0.15, -0.1) is 0 Å². The smallest absolute Gasteiger partial charge is 0.244 e. The molecular weight excluding hydrogens is 411 g/mol. The lowest BCUT2D eigenvalue weighted by atomic mass is 10.3. The Kier molecular flexibility index (Phi) is 7.27. The van der Waals surface area contributed by atoms with Gasteiger partial charge in [-0.1, -0.05) is 29.3 Å². The van der Waals surface area contributed by atoms with Crippen LogP contribution >= 0.6 is 23.2 Å². The Labute approximate surface area is 169 Å². The molecule has 1 aromatic carbocycles. The van der Waals surface area contributed by atoms with E-state index in [1.807, 2.05) is 24.6 Å². The molecule has 1 amide bonds. The maximum Gasteiger partial charge on any atom is 0.244 e. The van der Waals surface area contributed by atoms with Gasteiger partial charge in [0.2, 0.25) is 15.9 Å². The maximum atomic E-state index is 12.5. The second-order valence-corrected chi connectivity index (χ2v) is 8.65. The van der Waals surface area contributed by atoms with Crippen molar-refractivity contribution in [1.82, 2.24) is 19.8 Å². The lowest BCUT2D eigenvalue weighted by Crippen LogP contribution is -2.45. The number of carbonyl (C=O) groups is 1. The Hall–Kier alpha value is -1.61. The molecule has 0 spiro atoms. The number of hydrogen-bond acceptors (Lipinski definition) is 4. The zero-order valence-electron chi connectivity index (χ0n) is 15.3. The molecule has 0 fully saturated rings. The van der Waals surface area contributed by atoms with Gasteiger partial charge >= 0.3 is 0 Å². The summed E-state index contributed by atoms with van der Waals surface area (Å²) >= 11 is 11.9. The maximum absolute atomic E-state index is 12.5. The number of sulfonamides is 1. The van der Waals surface area contributed by atoms with E-state index in [-0.39, 0.29) is 14.9 Å². The van der Waals surface area contributed by atoms with Crippen LogP contribution in [-0.2, 0) is 21.4 Å². The molecule has 0 saturated carbocycles. The van der Waals surface area contributed by atoms with Crippen LogP contribution < -0.4 is 10.0 Å². The lowest BCUT2D eigenvalue weighted by Gasteiger charge is -2.16. The fourth-order valence-corrected chi connectivity index (χ4v) is 4.93. The van der Waals surface area contributed by atoms with E-state index in [0.717, 1.165) is 11.4 Å². The predicted octanol–water partition coefficient (Wildman–Crippen LogP) is 2.68. The van der Waals surface area contributed by atoms with Crippen molar-refractivity contribution in [3.63, 3.8) is 0 Å². The summed E-state index contributed by atoms with van der Waals surface area (Å²) in [4.78, 5) is 11.9. The summed E-state index contributed by atoms with van der Waals surface area (Å²) in [5, 5.41) is 7.04. The van der Waals surface area contributed by atoms with Crippen LogP contribution in [0.2, 0.25) is 10.0 Å². The largest absolute Gasteiger partial charge is 0.355 e. The van der Waals surface area contributed by atoms with Gasteiger partial charge in [-0.3, -0.25) is 9.48 Å². The second-order valence-electron chi connectivity index (χ2n) is 6.19. The molecule has 10 heteroatoms. The minimum absolute atomic E-state index is 0.00695. The Morgan fingerprint density at radius 3 is 2.44 bits per heavy atom. The number of halogens is 2. The Morgan fingerprint density at radius 1 is 1.26 bits per heavy atom. The van der Waals surface area contributed by atoms with Crippen molar-refractivity contribution >= 4 is 39.1 Å². The molecule has 0 aliphatic carbocycles. The molecule has 1 aromatic heterocycles. The number of aryl methyl sites for hydroxylation is 3. The molecule has 27 heavy (non-hydrogen) atoms. The molecule has 0 unspecified atom stereocenters. The van der Waals surface area contributed by atoms with E-state index in [9.17, 15) is 13.2 Å². The second kappa shape index (κ2) is 9.05. The van der Waals surface area contributed by atoms with Gasteiger partial charge in [0.1, 0.15) is 4.90 Å². The van der Waals surface area contributed by atoms with Crippen LogP contribution in [0.3, 0.4) is 0 Å². The number of rotatable bonds is 8. The monoisotopic (exact) mass is 432 g/mol. The molecule has 0 aliphatic heterocycles. The van der Waals surface area contributed by atoms with E-state index in [1.165, 1.54) is 19.1 Å². The molecule has 0 aliphatic rings. The van der Waals surface area contributed by atoms with Crippen LogP contribution in [0, 0.1) is 13.8 Å². The highest BCUT2D eigenvalue weighted by Crippen LogP contribution is 2.28. The van der Waals surface area contributed by atoms with E-state index in [0.29, 0.717) is 19.5 Å². The first-order valence-corrected chi connectivity index (χ1v) is 10.6. The summed E-state index contributed by atoms with van der Waals surface area (Å²) in [7, 11) is -4.03. The molecule has 7 nitrogen and oxygen atoms in total. The zero-order valence-corrected chi connectivity index (χ0v) is 17.6. The van der Waals surface area contributed by atoms with Crippen molar-refractivity contribution in [3.05, 3.63) is 45.7 Å². The van der Waals surface area contributed by atoms with Gasteiger partial charge in [0.15, 0.2) is 0 Å². The summed E-state index contributed by atoms with van der Waals surface area (Å²) < 4.78 is 29.1. The van der Waals surface area contributed by atoms with Crippen molar-refractivity contribution < 1.29 is 13.2 Å². The third-order valence-corrected chi connectivity index (χ3v) is 6.36. The highest BCUT2D eigenvalue weighted by molar-refractivity contribution is 7.89. The average molecular weight is 433 g/mol. The highest BCUT2D eigenvalue weighted by Gasteiger charge is 2.26. The van der Waals surface area contributed by atoms with Crippen LogP contribution in [0.5, 0.6) is 0 Å². The molecule has 2 aromatic rings. The van der Waals surface area contributed by atoms with Gasteiger partial charge in [-0.25, -0.2) is 8.42 Å². The van der Waals surface area contributed by atoms with Crippen molar-refractivity contribution in [2.75, 3.05) is 6.54 Å². The standard InChI is InChI=1S/C17H22Cl2N4O3S/c1-11-10-12(2)23(21-11)9-5-8-20-17(24)13(3)22-27(25,26)16-14(18)6-4-7-15(16)19/h4,6-7,10,13,22H,5,8-9H2,1-3H3,(H,20,24)/t13-/m0/s1. The van der Waals surface area contributed by atoms with E-state index in [2.05, 4.69) is 15.1 Å². The first-order chi connectivity index (χ1) is 12.6. The van der Waals surface area contributed by atoms with Gasteiger partial charge in [0.25, 0.3) is 0 Å². The van der Waals surface area contributed by atoms with E-state index in [4.69, 9.17) is 23.2 Å². The van der Waals surface area contributed by atoms with Gasteiger partial charge < -0.3 is 5.32 Å². The van der Waals surface area contributed by atoms with Crippen LogP contribution in [0.4, 0.5) is 0 Å². The van der Waals surface area contributed by atoms with E-state index >= 15 is 0 Å². The van der Waals surface area contributed by atoms with Crippen molar-refractivity contribution in [2.45, 2.75) is 44.7 Å². The number of amides is 1. The van der Waals surface area contributed by atoms with E-state index < -0.39 is 22.0 Å². The fraction of sp³-hybridized carbons (Fsp3) is 0.412. The van der Waals surface area contributed by atoms with Gasteiger partial charge in [-0.2, -0.15) is 9.82 Å².